The smallest absolute Gasteiger partial charge is 0.459 e. The molecule has 0 radical (unpaired) electrons. The zero-order chi connectivity index (χ0) is 84.4. The summed E-state index contributed by atoms with van der Waals surface area (Å²) in [6.07, 6.45) is -10.0. The predicted molar refractivity (Wildman–Crippen MR) is 401 cm³/mol. The van der Waals surface area contributed by atoms with Crippen molar-refractivity contribution in [2.75, 3.05) is 19.8 Å². The van der Waals surface area contributed by atoms with Gasteiger partial charge >= 0.3 is 58.2 Å². The number of alkyl halides is 3. The fourth-order valence-electron chi connectivity index (χ4n) is 11.5. The number of aliphatic hydroxyl groups excluding tert-OH is 3. The molecule has 3 fully saturated rings. The summed E-state index contributed by atoms with van der Waals surface area (Å²) >= 11 is 0. The van der Waals surface area contributed by atoms with E-state index < -0.39 is 186 Å². The maximum absolute atomic E-state index is 16.1. The summed E-state index contributed by atoms with van der Waals surface area (Å²) in [5, 5.41) is 62.4. The van der Waals surface area contributed by atoms with E-state index in [2.05, 4.69) is 30.2 Å². The van der Waals surface area contributed by atoms with Crippen LogP contribution in [0.25, 0.3) is 10.8 Å². The van der Waals surface area contributed by atoms with Gasteiger partial charge in [0, 0.05) is 41.1 Å². The Balaban J connectivity index is 0.000000215. The number of hydrogen-bond acceptors (Lipinski definition) is 29. The average Bonchev–Trinajstić information content (AvgIpc) is 1.59. The Hall–Kier alpha value is -8.49. The van der Waals surface area contributed by atoms with Crippen LogP contribution in [0.15, 0.2) is 154 Å². The van der Waals surface area contributed by atoms with E-state index >= 15 is 13.2 Å². The number of esters is 3. The first kappa shape index (κ1) is 91.0. The number of nitrogens with one attached hydrogen (secondary N) is 3. The summed E-state index contributed by atoms with van der Waals surface area (Å²) in [4.78, 5) is 85.3. The number of aliphatic hydroxyl groups is 5. The maximum atomic E-state index is 16.1. The van der Waals surface area contributed by atoms with Crippen molar-refractivity contribution in [3.8, 4) is 17.2 Å². The van der Waals surface area contributed by atoms with Crippen LogP contribution >= 0.6 is 23.2 Å². The van der Waals surface area contributed by atoms with Crippen LogP contribution in [0.4, 0.5) is 13.2 Å². The third-order valence-electron chi connectivity index (χ3n) is 17.3. The number of ether oxygens (including phenoxy) is 6. The summed E-state index contributed by atoms with van der Waals surface area (Å²) in [5.41, 5.74) is -8.31. The summed E-state index contributed by atoms with van der Waals surface area (Å²) in [6.45, 7) is 18.9. The fourth-order valence-corrected chi connectivity index (χ4v) is 16.0. The van der Waals surface area contributed by atoms with Crippen LogP contribution in [0, 0.1) is 20.8 Å². The minimum Gasteiger partial charge on any atom is -0.462 e. The van der Waals surface area contributed by atoms with Crippen molar-refractivity contribution in [2.45, 2.75) is 212 Å². The van der Waals surface area contributed by atoms with Crippen LogP contribution in [0.2, 0.25) is 0 Å². The normalized spacial score (nSPS) is 27.0. The quantitative estimate of drug-likeness (QED) is 0.0121. The highest BCUT2D eigenvalue weighted by molar-refractivity contribution is 7.52. The number of halogens is 3. The van der Waals surface area contributed by atoms with Crippen LogP contribution in [-0.2, 0) is 70.1 Å². The van der Waals surface area contributed by atoms with Gasteiger partial charge in [0.1, 0.15) is 84.2 Å². The lowest BCUT2D eigenvalue weighted by molar-refractivity contribution is -0.204. The first-order chi connectivity index (χ1) is 53.1. The molecule has 0 spiro atoms. The predicted octanol–water partition coefficient (Wildman–Crippen LogP) is 7.81. The van der Waals surface area contributed by atoms with Gasteiger partial charge in [-0.1, -0.05) is 72.8 Å². The van der Waals surface area contributed by atoms with E-state index in [1.54, 1.807) is 135 Å². The molecular weight excluding hydrogens is 1570 g/mol. The zero-order valence-electron chi connectivity index (χ0n) is 64.9. The molecule has 0 aliphatic carbocycles. The molecule has 35 nitrogen and oxygen atoms in total. The fraction of sp³-hybridized carbons (Fsp3) is 0.493. The molecule has 0 bridgehead atoms. The number of aromatic nitrogens is 6. The monoisotopic (exact) mass is 1660 g/mol. The van der Waals surface area contributed by atoms with E-state index in [0.717, 1.165) is 39.9 Å². The summed E-state index contributed by atoms with van der Waals surface area (Å²) < 4.78 is 156. The highest BCUT2D eigenvalue weighted by Gasteiger charge is 2.66. The molecule has 18 atom stereocenters. The molecule has 4 aromatic carbocycles. The molecule has 3 aliphatic rings. The van der Waals surface area contributed by atoms with Crippen molar-refractivity contribution in [1.29, 1.82) is 0 Å². The Kier molecular flexibility index (Phi) is 29.7. The Labute approximate surface area is 653 Å². The van der Waals surface area contributed by atoms with Crippen molar-refractivity contribution in [2.24, 2.45) is 0 Å². The van der Waals surface area contributed by atoms with Gasteiger partial charge in [0.2, 0.25) is 0 Å². The number of aryl methyl sites for hydroxylation is 3. The lowest BCUT2D eigenvalue weighted by Crippen LogP contribution is -2.50. The summed E-state index contributed by atoms with van der Waals surface area (Å²) in [6, 6.07) is 28.7. The maximum Gasteiger partial charge on any atom is 0.459 e. The van der Waals surface area contributed by atoms with E-state index in [9.17, 15) is 68.0 Å². The molecular formula is C73H95F3N9O26P3. The minimum atomic E-state index is -4.61. The lowest BCUT2D eigenvalue weighted by atomic mass is 9.95. The van der Waals surface area contributed by atoms with Crippen molar-refractivity contribution < 1.29 is 122 Å². The molecule has 0 saturated carbocycles. The van der Waals surface area contributed by atoms with E-state index in [1.807, 2.05) is 0 Å². The summed E-state index contributed by atoms with van der Waals surface area (Å²) in [5.74, 6) is -8.18. The van der Waals surface area contributed by atoms with Crippen molar-refractivity contribution in [3.63, 3.8) is 0 Å². The number of hydrogen-bond donors (Lipinski definition) is 8. The first-order valence-corrected chi connectivity index (χ1v) is 40.4. The molecule has 624 valence electrons. The molecule has 10 rings (SSSR count). The third kappa shape index (κ3) is 22.6. The molecule has 6 heterocycles. The van der Waals surface area contributed by atoms with E-state index in [-0.39, 0.29) is 17.2 Å². The van der Waals surface area contributed by atoms with Crippen LogP contribution in [0.5, 0.6) is 17.2 Å². The number of rotatable bonds is 30. The molecule has 3 aromatic heterocycles. The number of carbonyl (C=O) groups is 3. The van der Waals surface area contributed by atoms with Crippen LogP contribution in [0.3, 0.4) is 0 Å². The van der Waals surface area contributed by atoms with Gasteiger partial charge in [-0.3, -0.25) is 41.7 Å². The van der Waals surface area contributed by atoms with E-state index in [4.69, 9.17) is 55.6 Å². The second kappa shape index (κ2) is 37.2. The number of fused-ring (bicyclic) bond motifs is 1. The van der Waals surface area contributed by atoms with Gasteiger partial charge in [0.15, 0.2) is 24.4 Å². The molecule has 0 unspecified atom stereocenters. The largest absolute Gasteiger partial charge is 0.462 e. The van der Waals surface area contributed by atoms with Crippen LogP contribution in [0.1, 0.15) is 119 Å². The van der Waals surface area contributed by atoms with Crippen molar-refractivity contribution >= 4 is 51.9 Å². The second-order valence-corrected chi connectivity index (χ2v) is 33.5. The van der Waals surface area contributed by atoms with E-state index in [0.29, 0.717) is 22.5 Å². The zero-order valence-corrected chi connectivity index (χ0v) is 67.6. The second-order valence-electron chi connectivity index (χ2n) is 28.4. The Morgan fingerprint density at radius 2 is 0.833 bits per heavy atom. The minimum absolute atomic E-state index is 0.0747. The molecule has 3 saturated heterocycles. The average molecular weight is 1660 g/mol. The molecule has 114 heavy (non-hydrogen) atoms. The summed E-state index contributed by atoms with van der Waals surface area (Å²) in [7, 11) is -13.4. The Bertz CT molecular complexity index is 4830. The Morgan fingerprint density at radius 1 is 0.491 bits per heavy atom. The molecule has 41 heteroatoms. The molecule has 3 aliphatic heterocycles. The van der Waals surface area contributed by atoms with Crippen molar-refractivity contribution in [1.82, 2.24) is 43.9 Å². The number of para-hydroxylation sites is 2. The number of benzene rings is 4. The highest BCUT2D eigenvalue weighted by Crippen LogP contribution is 2.54. The topological polar surface area (TPSA) is 455 Å². The van der Waals surface area contributed by atoms with Gasteiger partial charge in [-0.2, -0.15) is 30.2 Å². The van der Waals surface area contributed by atoms with Gasteiger partial charge in [-0.15, -0.1) is 0 Å². The van der Waals surface area contributed by atoms with Gasteiger partial charge in [-0.05, 0) is 158 Å². The number of nitrogens with zero attached hydrogens (tertiary/aromatic N) is 6. The van der Waals surface area contributed by atoms with E-state index in [1.165, 1.54) is 87.9 Å². The SMILES string of the molecule is Cc1ccn([C@@H]2O[C@H](CO[P@@](=O)(N[C@@H](C)C(=O)OC(C)C)Oc3ccccc3)[C@@H](O)[C@@]2(C)F)c(=O)n1.Cc1ccn([C@@H]2O[C@](F)(CO[P@@](=O)(N[C@@H](C)C(=O)OC(C)C)Oc3cccc4ccccc34)[C@@H](O)[C@@]2(C)O)c(=O)n1.Cc1ccn([C@@H]2O[C@](F)(CO[P@@](=O)(N[C@@H](C)C(=O)OC(C)C)Oc3ccccc3)[C@@H](O)[C@@]2(C)O)c(=O)n1. The van der Waals surface area contributed by atoms with Gasteiger partial charge in [-0.25, -0.2) is 41.3 Å². The highest BCUT2D eigenvalue weighted by atomic mass is 31.2. The van der Waals surface area contributed by atoms with Crippen LogP contribution in [-0.4, -0.2) is 181 Å². The van der Waals surface area contributed by atoms with Gasteiger partial charge in [0.05, 0.1) is 24.9 Å². The number of carbonyl (C=O) groups excluding carboxylic acids is 3. The molecule has 8 N–H and O–H groups in total. The van der Waals surface area contributed by atoms with Gasteiger partial charge in [0.25, 0.3) is 11.7 Å². The van der Waals surface area contributed by atoms with Gasteiger partial charge < -0.3 is 67.5 Å². The standard InChI is InChI=1S/C27H33FN3O9P.C23H31FN3O9P.C23H31FN3O8P/c1-16(2)38-22(32)18(4)30-41(36,40-21-12-8-10-19-9-6-7-11-20(19)21)37-15-27(28)23(33)26(5,35)24(39-27)31-14-13-17(3)29-25(31)34;1-14(2)34-18(28)16(4)26-37(32,36-17-9-7-6-8-10-17)33-13-23(24)19(29)22(5,31)20(35-23)27-12-11-15(3)25-21(27)30;1-14(2)33-20(29)16(4)26-36(31,35-17-9-7-6-8-10-17)32-13-18-19(28)23(5,24)21(34-18)27-12-11-15(3)25-22(27)30/h6-14,16,18,23-24,33,35H,15H2,1-5H3,(H,30,36);6-12,14,16,19-20,29,31H,13H2,1-5H3,(H,26,32);6-12,14,16,18-19,21,28H,13H2,1-5H3,(H,26,31)/t18-,23-,24+,26+,27+,41-;16-,19-,20+,22+,23+,37-;16-,18+,19+,21+,23+,36-/m000/s1. The first-order valence-electron chi connectivity index (χ1n) is 35.7. The molecule has 0 amide bonds. The molecule has 7 aromatic rings. The van der Waals surface area contributed by atoms with Crippen molar-refractivity contribution in [3.05, 3.63) is 188 Å². The van der Waals surface area contributed by atoms with Crippen LogP contribution < -0.4 is 45.9 Å². The third-order valence-corrected chi connectivity index (χ3v) is 22.1. The lowest BCUT2D eigenvalue weighted by Gasteiger charge is -2.29. The Morgan fingerprint density at radius 3 is 1.21 bits per heavy atom.